The van der Waals surface area contributed by atoms with E-state index in [1.54, 1.807) is 0 Å². The van der Waals surface area contributed by atoms with E-state index in [2.05, 4.69) is 5.32 Å². The fraction of sp³-hybridized carbons (Fsp3) is 0.200. The van der Waals surface area contributed by atoms with Gasteiger partial charge in [0.15, 0.2) is 0 Å². The Morgan fingerprint density at radius 2 is 1.95 bits per heavy atom. The molecule has 0 fully saturated rings. The molecule has 1 atom stereocenters. The standard InChI is InChI=1S/C10H13N3O5S/c1-5(9(11)14)13-8-3-2-6(19(12,17)18)4-7(8)10(15)16/h2-5,13H,1H3,(H2,11,14)(H,15,16)(H2,12,17,18). The summed E-state index contributed by atoms with van der Waals surface area (Å²) in [6.45, 7) is 1.45. The van der Waals surface area contributed by atoms with Gasteiger partial charge in [-0.1, -0.05) is 0 Å². The number of nitrogens with two attached hydrogens (primary N) is 2. The molecule has 0 aromatic heterocycles. The molecule has 0 aliphatic rings. The molecule has 1 aromatic carbocycles. The van der Waals surface area contributed by atoms with Gasteiger partial charge in [0.25, 0.3) is 0 Å². The lowest BCUT2D eigenvalue weighted by atomic mass is 10.1. The highest BCUT2D eigenvalue weighted by atomic mass is 32.2. The van der Waals surface area contributed by atoms with Crippen molar-refractivity contribution in [3.05, 3.63) is 23.8 Å². The minimum Gasteiger partial charge on any atom is -0.478 e. The number of nitrogens with one attached hydrogen (secondary N) is 1. The zero-order valence-corrected chi connectivity index (χ0v) is 10.8. The number of primary sulfonamides is 1. The molecular weight excluding hydrogens is 274 g/mol. The summed E-state index contributed by atoms with van der Waals surface area (Å²) < 4.78 is 22.3. The van der Waals surface area contributed by atoms with Crippen LogP contribution in [0, 0.1) is 0 Å². The van der Waals surface area contributed by atoms with Gasteiger partial charge >= 0.3 is 5.97 Å². The van der Waals surface area contributed by atoms with Gasteiger partial charge in [0.2, 0.25) is 15.9 Å². The minimum absolute atomic E-state index is 0.0752. The molecule has 6 N–H and O–H groups in total. The summed E-state index contributed by atoms with van der Waals surface area (Å²) in [6, 6.07) is 2.45. The fourth-order valence-corrected chi connectivity index (χ4v) is 1.85. The van der Waals surface area contributed by atoms with E-state index in [0.717, 1.165) is 12.1 Å². The number of rotatable bonds is 5. The van der Waals surface area contributed by atoms with Crippen LogP contribution in [0.15, 0.2) is 23.1 Å². The number of carboxylic acid groups (broad SMARTS) is 1. The van der Waals surface area contributed by atoms with Gasteiger partial charge in [0, 0.05) is 5.69 Å². The predicted octanol–water partition coefficient (Wildman–Crippen LogP) is -0.682. The molecule has 9 heteroatoms. The van der Waals surface area contributed by atoms with Crippen molar-refractivity contribution in [2.24, 2.45) is 10.9 Å². The summed E-state index contributed by atoms with van der Waals surface area (Å²) in [6.07, 6.45) is 0. The first kappa shape index (κ1) is 14.9. The monoisotopic (exact) mass is 287 g/mol. The number of sulfonamides is 1. The number of carbonyl (C=O) groups excluding carboxylic acids is 1. The zero-order chi connectivity index (χ0) is 14.8. The van der Waals surface area contributed by atoms with Crippen LogP contribution in [0.2, 0.25) is 0 Å². The van der Waals surface area contributed by atoms with Gasteiger partial charge in [-0.15, -0.1) is 0 Å². The third-order valence-electron chi connectivity index (χ3n) is 2.35. The number of carbonyl (C=O) groups is 2. The van der Waals surface area contributed by atoms with Gasteiger partial charge in [-0.2, -0.15) is 0 Å². The van der Waals surface area contributed by atoms with E-state index in [0.29, 0.717) is 0 Å². The molecule has 0 spiro atoms. The molecule has 1 rings (SSSR count). The summed E-state index contributed by atoms with van der Waals surface area (Å²) in [4.78, 5) is 21.6. The summed E-state index contributed by atoms with van der Waals surface area (Å²) in [5, 5.41) is 16.5. The Balaban J connectivity index is 3.27. The largest absolute Gasteiger partial charge is 0.478 e. The van der Waals surface area contributed by atoms with E-state index in [1.807, 2.05) is 0 Å². The Morgan fingerprint density at radius 3 is 2.37 bits per heavy atom. The number of benzene rings is 1. The van der Waals surface area contributed by atoms with Gasteiger partial charge in [0.05, 0.1) is 10.5 Å². The van der Waals surface area contributed by atoms with E-state index in [1.165, 1.54) is 13.0 Å². The minimum atomic E-state index is -4.00. The average molecular weight is 287 g/mol. The van der Waals surface area contributed by atoms with Crippen molar-refractivity contribution in [2.45, 2.75) is 17.9 Å². The van der Waals surface area contributed by atoms with Crippen LogP contribution in [-0.2, 0) is 14.8 Å². The van der Waals surface area contributed by atoms with Crippen LogP contribution >= 0.6 is 0 Å². The van der Waals surface area contributed by atoms with Crippen molar-refractivity contribution in [1.29, 1.82) is 0 Å². The second-order valence-corrected chi connectivity index (χ2v) is 5.39. The van der Waals surface area contributed by atoms with E-state index in [4.69, 9.17) is 16.0 Å². The van der Waals surface area contributed by atoms with E-state index in [-0.39, 0.29) is 16.1 Å². The van der Waals surface area contributed by atoms with Gasteiger partial charge in [-0.25, -0.2) is 18.4 Å². The lowest BCUT2D eigenvalue weighted by Gasteiger charge is -2.14. The molecule has 1 unspecified atom stereocenters. The Morgan fingerprint density at radius 1 is 1.37 bits per heavy atom. The number of amides is 1. The smallest absolute Gasteiger partial charge is 0.337 e. The van der Waals surface area contributed by atoms with Gasteiger partial charge in [-0.05, 0) is 25.1 Å². The van der Waals surface area contributed by atoms with Crippen molar-refractivity contribution >= 4 is 27.6 Å². The highest BCUT2D eigenvalue weighted by Crippen LogP contribution is 2.20. The Hall–Kier alpha value is -2.13. The first-order valence-corrected chi connectivity index (χ1v) is 6.63. The molecule has 0 heterocycles. The molecular formula is C10H13N3O5S. The number of primary amides is 1. The summed E-state index contributed by atoms with van der Waals surface area (Å²) in [5.41, 5.74) is 4.80. The highest BCUT2D eigenvalue weighted by molar-refractivity contribution is 7.89. The van der Waals surface area contributed by atoms with Gasteiger partial charge < -0.3 is 16.2 Å². The fourth-order valence-electron chi connectivity index (χ4n) is 1.31. The lowest BCUT2D eigenvalue weighted by Crippen LogP contribution is -2.33. The van der Waals surface area contributed by atoms with Crippen molar-refractivity contribution in [3.63, 3.8) is 0 Å². The lowest BCUT2D eigenvalue weighted by molar-refractivity contribution is -0.118. The Kier molecular flexibility index (Phi) is 4.12. The molecule has 0 radical (unpaired) electrons. The van der Waals surface area contributed by atoms with Crippen LogP contribution < -0.4 is 16.2 Å². The second-order valence-electron chi connectivity index (χ2n) is 3.83. The van der Waals surface area contributed by atoms with Crippen LogP contribution in [0.5, 0.6) is 0 Å². The molecule has 1 aromatic rings. The van der Waals surface area contributed by atoms with Gasteiger partial charge in [0.1, 0.15) is 6.04 Å². The third-order valence-corrected chi connectivity index (χ3v) is 3.26. The van der Waals surface area contributed by atoms with Crippen molar-refractivity contribution in [3.8, 4) is 0 Å². The second kappa shape index (κ2) is 5.24. The van der Waals surface area contributed by atoms with Crippen LogP contribution in [0.3, 0.4) is 0 Å². The van der Waals surface area contributed by atoms with Crippen LogP contribution in [0.25, 0.3) is 0 Å². The molecule has 0 saturated heterocycles. The van der Waals surface area contributed by atoms with E-state index < -0.39 is 27.9 Å². The number of hydrogen-bond acceptors (Lipinski definition) is 5. The van der Waals surface area contributed by atoms with Crippen molar-refractivity contribution in [2.75, 3.05) is 5.32 Å². The van der Waals surface area contributed by atoms with Crippen molar-refractivity contribution in [1.82, 2.24) is 0 Å². The van der Waals surface area contributed by atoms with Crippen LogP contribution in [0.1, 0.15) is 17.3 Å². The summed E-state index contributed by atoms with van der Waals surface area (Å²) in [5.74, 6) is -2.03. The maximum atomic E-state index is 11.1. The van der Waals surface area contributed by atoms with E-state index >= 15 is 0 Å². The van der Waals surface area contributed by atoms with Crippen LogP contribution in [-0.4, -0.2) is 31.4 Å². The Labute approximate surface area is 109 Å². The highest BCUT2D eigenvalue weighted by Gasteiger charge is 2.18. The molecule has 19 heavy (non-hydrogen) atoms. The predicted molar refractivity (Wildman–Crippen MR) is 67.1 cm³/mol. The zero-order valence-electron chi connectivity index (χ0n) is 9.95. The number of anilines is 1. The van der Waals surface area contributed by atoms with Gasteiger partial charge in [-0.3, -0.25) is 4.79 Å². The third kappa shape index (κ3) is 3.66. The number of hydrogen-bond donors (Lipinski definition) is 4. The topological polar surface area (TPSA) is 153 Å². The normalized spacial score (nSPS) is 12.7. The molecule has 8 nitrogen and oxygen atoms in total. The first-order chi connectivity index (χ1) is 8.62. The maximum absolute atomic E-state index is 11.1. The van der Waals surface area contributed by atoms with E-state index in [9.17, 15) is 18.0 Å². The summed E-state index contributed by atoms with van der Waals surface area (Å²) in [7, 11) is -4.00. The molecule has 0 saturated carbocycles. The molecule has 0 bridgehead atoms. The maximum Gasteiger partial charge on any atom is 0.337 e. The SMILES string of the molecule is CC(Nc1ccc(S(N)(=O)=O)cc1C(=O)O)C(N)=O. The molecule has 0 aliphatic heterocycles. The molecule has 1 amide bonds. The quantitative estimate of drug-likeness (QED) is 0.562. The number of carboxylic acids is 1. The first-order valence-electron chi connectivity index (χ1n) is 5.09. The average Bonchev–Trinajstić information content (AvgIpc) is 2.27. The Bertz CT molecular complexity index is 626. The number of aromatic carboxylic acids is 1. The van der Waals surface area contributed by atoms with Crippen LogP contribution in [0.4, 0.5) is 5.69 Å². The van der Waals surface area contributed by atoms with Crippen molar-refractivity contribution < 1.29 is 23.1 Å². The summed E-state index contributed by atoms with van der Waals surface area (Å²) >= 11 is 0. The molecule has 0 aliphatic carbocycles. The molecule has 104 valence electrons.